The van der Waals surface area contributed by atoms with Gasteiger partial charge in [-0.25, -0.2) is 9.97 Å². The molecule has 2 aromatic heterocycles. The first-order valence-corrected chi connectivity index (χ1v) is 9.08. The minimum absolute atomic E-state index is 0.224. The van der Waals surface area contributed by atoms with Gasteiger partial charge in [0.2, 0.25) is 5.95 Å². The summed E-state index contributed by atoms with van der Waals surface area (Å²) >= 11 is 0. The van der Waals surface area contributed by atoms with Crippen LogP contribution in [-0.2, 0) is 18.9 Å². The van der Waals surface area contributed by atoms with Gasteiger partial charge < -0.3 is 20.9 Å². The van der Waals surface area contributed by atoms with Gasteiger partial charge in [-0.3, -0.25) is 4.68 Å². The molecule has 0 saturated heterocycles. The number of ether oxygens (including phenoxy) is 1. The van der Waals surface area contributed by atoms with Crippen molar-refractivity contribution in [2.75, 3.05) is 18.2 Å². The summed E-state index contributed by atoms with van der Waals surface area (Å²) in [4.78, 5) is 8.59. The molecule has 0 spiro atoms. The van der Waals surface area contributed by atoms with Crippen molar-refractivity contribution in [2.45, 2.75) is 31.9 Å². The molecule has 4 N–H and O–H groups in total. The van der Waals surface area contributed by atoms with Crippen molar-refractivity contribution < 1.29 is 9.84 Å². The Labute approximate surface area is 163 Å². The number of benzene rings is 1. The average molecular weight is 380 g/mol. The van der Waals surface area contributed by atoms with Crippen LogP contribution >= 0.6 is 0 Å². The lowest BCUT2D eigenvalue weighted by Gasteiger charge is -2.32. The van der Waals surface area contributed by atoms with Gasteiger partial charge in [-0.15, -0.1) is 0 Å². The molecular formula is C20H24N6O2. The molecule has 1 aromatic carbocycles. The SMILES string of the molecule is COc1cccc(NC(O)c2nn(C)c3c2C(C)(C)Cc2cnc(N)nc2-3)c1. The number of nitrogens with two attached hydrogens (primary N) is 1. The molecule has 8 heteroatoms. The topological polar surface area (TPSA) is 111 Å². The van der Waals surface area contributed by atoms with Crippen molar-refractivity contribution in [3.8, 4) is 17.1 Å². The van der Waals surface area contributed by atoms with Gasteiger partial charge in [-0.05, 0) is 29.5 Å². The highest BCUT2D eigenvalue weighted by atomic mass is 16.5. The van der Waals surface area contributed by atoms with Crippen LogP contribution in [-0.4, -0.2) is 32.0 Å². The Morgan fingerprint density at radius 2 is 2.14 bits per heavy atom. The van der Waals surface area contributed by atoms with E-state index >= 15 is 0 Å². The molecule has 0 amide bonds. The molecule has 28 heavy (non-hydrogen) atoms. The van der Waals surface area contributed by atoms with E-state index in [4.69, 9.17) is 10.5 Å². The van der Waals surface area contributed by atoms with Gasteiger partial charge in [0.15, 0.2) is 6.23 Å². The summed E-state index contributed by atoms with van der Waals surface area (Å²) in [6.07, 6.45) is 1.53. The lowest BCUT2D eigenvalue weighted by Crippen LogP contribution is -2.29. The Balaban J connectivity index is 1.79. The fraction of sp³-hybridized carbons (Fsp3) is 0.350. The summed E-state index contributed by atoms with van der Waals surface area (Å²) in [5.41, 5.74) is 10.5. The third-order valence-electron chi connectivity index (χ3n) is 5.12. The predicted octanol–water partition coefficient (Wildman–Crippen LogP) is 2.40. The molecule has 8 nitrogen and oxygen atoms in total. The lowest BCUT2D eigenvalue weighted by atomic mass is 9.73. The van der Waals surface area contributed by atoms with E-state index in [2.05, 4.69) is 34.2 Å². The molecule has 2 heterocycles. The molecule has 0 bridgehead atoms. The summed E-state index contributed by atoms with van der Waals surface area (Å²) in [5, 5.41) is 18.7. The number of hydrogen-bond donors (Lipinski definition) is 3. The van der Waals surface area contributed by atoms with E-state index in [0.29, 0.717) is 11.4 Å². The second-order valence-electron chi connectivity index (χ2n) is 7.67. The third-order valence-corrected chi connectivity index (χ3v) is 5.12. The Kier molecular flexibility index (Phi) is 4.23. The summed E-state index contributed by atoms with van der Waals surface area (Å²) in [6.45, 7) is 4.27. The zero-order chi connectivity index (χ0) is 20.1. The zero-order valence-electron chi connectivity index (χ0n) is 16.4. The van der Waals surface area contributed by atoms with Crippen LogP contribution in [0.4, 0.5) is 11.6 Å². The largest absolute Gasteiger partial charge is 0.497 e. The zero-order valence-corrected chi connectivity index (χ0v) is 16.4. The number of aryl methyl sites for hydroxylation is 1. The first-order valence-electron chi connectivity index (χ1n) is 9.08. The number of nitrogens with zero attached hydrogens (tertiary/aromatic N) is 4. The highest BCUT2D eigenvalue weighted by Gasteiger charge is 2.39. The van der Waals surface area contributed by atoms with Crippen LogP contribution in [0.5, 0.6) is 5.75 Å². The van der Waals surface area contributed by atoms with Crippen LogP contribution in [0, 0.1) is 0 Å². The highest BCUT2D eigenvalue weighted by Crippen LogP contribution is 2.45. The molecule has 0 fully saturated rings. The van der Waals surface area contributed by atoms with Gasteiger partial charge in [0.1, 0.15) is 11.4 Å². The molecule has 1 atom stereocenters. The van der Waals surface area contributed by atoms with Crippen molar-refractivity contribution >= 4 is 11.6 Å². The number of nitrogens with one attached hydrogen (secondary N) is 1. The Morgan fingerprint density at radius 1 is 1.36 bits per heavy atom. The van der Waals surface area contributed by atoms with Crippen molar-refractivity contribution in [1.29, 1.82) is 0 Å². The van der Waals surface area contributed by atoms with Gasteiger partial charge >= 0.3 is 0 Å². The van der Waals surface area contributed by atoms with Gasteiger partial charge in [-0.1, -0.05) is 19.9 Å². The van der Waals surface area contributed by atoms with Crippen LogP contribution < -0.4 is 15.8 Å². The summed E-state index contributed by atoms with van der Waals surface area (Å²) in [6, 6.07) is 7.41. The second-order valence-corrected chi connectivity index (χ2v) is 7.67. The summed E-state index contributed by atoms with van der Waals surface area (Å²) in [5.74, 6) is 0.934. The van der Waals surface area contributed by atoms with Crippen LogP contribution in [0.15, 0.2) is 30.5 Å². The van der Waals surface area contributed by atoms with Crippen molar-refractivity contribution in [3.05, 3.63) is 47.3 Å². The molecular weight excluding hydrogens is 356 g/mol. The maximum Gasteiger partial charge on any atom is 0.220 e. The van der Waals surface area contributed by atoms with E-state index in [1.165, 1.54) is 0 Å². The maximum absolute atomic E-state index is 11.0. The number of methoxy groups -OCH3 is 1. The summed E-state index contributed by atoms with van der Waals surface area (Å²) in [7, 11) is 3.46. The second kappa shape index (κ2) is 6.49. The normalized spacial score (nSPS) is 15.5. The van der Waals surface area contributed by atoms with Crippen LogP contribution in [0.3, 0.4) is 0 Å². The molecule has 0 aliphatic heterocycles. The third kappa shape index (κ3) is 2.95. The van der Waals surface area contributed by atoms with Gasteiger partial charge in [0.05, 0.1) is 18.5 Å². The fourth-order valence-corrected chi connectivity index (χ4v) is 3.93. The van der Waals surface area contributed by atoms with E-state index in [9.17, 15) is 5.11 Å². The van der Waals surface area contributed by atoms with Gasteiger partial charge in [-0.2, -0.15) is 5.10 Å². The van der Waals surface area contributed by atoms with E-state index in [0.717, 1.165) is 34.6 Å². The molecule has 0 radical (unpaired) electrons. The minimum Gasteiger partial charge on any atom is -0.497 e. The number of anilines is 2. The minimum atomic E-state index is -0.984. The molecule has 1 aliphatic carbocycles. The van der Waals surface area contributed by atoms with Crippen LogP contribution in [0.2, 0.25) is 0 Å². The Bertz CT molecular complexity index is 1040. The first kappa shape index (κ1) is 18.2. The van der Waals surface area contributed by atoms with E-state index in [-0.39, 0.29) is 11.4 Å². The Morgan fingerprint density at radius 3 is 2.89 bits per heavy atom. The molecule has 3 aromatic rings. The van der Waals surface area contributed by atoms with E-state index in [1.807, 2.05) is 31.3 Å². The first-order chi connectivity index (χ1) is 13.3. The molecule has 146 valence electrons. The van der Waals surface area contributed by atoms with Crippen molar-refractivity contribution in [2.24, 2.45) is 7.05 Å². The standard InChI is InChI=1S/C20H24N6O2/c1-20(2)9-11-10-22-19(21)24-15(11)17-14(20)16(25-26(17)3)18(27)23-12-6-5-7-13(8-12)28-4/h5-8,10,18,23,27H,9H2,1-4H3,(H2,21,22,24). The maximum atomic E-state index is 11.0. The fourth-order valence-electron chi connectivity index (χ4n) is 3.93. The van der Waals surface area contributed by atoms with Gasteiger partial charge in [0.25, 0.3) is 0 Å². The average Bonchev–Trinajstić information content (AvgIpc) is 3.01. The predicted molar refractivity (Wildman–Crippen MR) is 107 cm³/mol. The van der Waals surface area contributed by atoms with E-state index < -0.39 is 6.23 Å². The number of aliphatic hydroxyl groups is 1. The van der Waals surface area contributed by atoms with Crippen LogP contribution in [0.1, 0.15) is 36.9 Å². The molecule has 0 saturated carbocycles. The highest BCUT2D eigenvalue weighted by molar-refractivity contribution is 5.70. The molecule has 4 rings (SSSR count). The van der Waals surface area contributed by atoms with E-state index in [1.54, 1.807) is 18.0 Å². The number of nitrogen functional groups attached to an aromatic ring is 1. The Hall–Kier alpha value is -3.13. The van der Waals surface area contributed by atoms with Crippen LogP contribution in [0.25, 0.3) is 11.4 Å². The number of aromatic nitrogens is 4. The molecule has 1 aliphatic rings. The number of hydrogen-bond acceptors (Lipinski definition) is 7. The lowest BCUT2D eigenvalue weighted by molar-refractivity contribution is 0.199. The summed E-state index contributed by atoms with van der Waals surface area (Å²) < 4.78 is 7.01. The number of rotatable bonds is 4. The van der Waals surface area contributed by atoms with Crippen molar-refractivity contribution in [3.63, 3.8) is 0 Å². The number of aliphatic hydroxyl groups excluding tert-OH is 1. The van der Waals surface area contributed by atoms with Crippen molar-refractivity contribution in [1.82, 2.24) is 19.7 Å². The monoisotopic (exact) mass is 380 g/mol. The van der Waals surface area contributed by atoms with Gasteiger partial charge in [0, 0.05) is 30.6 Å². The quantitative estimate of drug-likeness (QED) is 0.596. The number of fused-ring (bicyclic) bond motifs is 3. The molecule has 1 unspecified atom stereocenters. The smallest absolute Gasteiger partial charge is 0.220 e.